The second-order valence-corrected chi connectivity index (χ2v) is 3.91. The smallest absolute Gasteiger partial charge is 0.409 e. The summed E-state index contributed by atoms with van der Waals surface area (Å²) in [5, 5.41) is 14.3. The van der Waals surface area contributed by atoms with E-state index in [4.69, 9.17) is 21.4 Å². The molecule has 7 heteroatoms. The summed E-state index contributed by atoms with van der Waals surface area (Å²) in [5.74, 6) is 0. The van der Waals surface area contributed by atoms with Crippen molar-refractivity contribution in [2.75, 3.05) is 30.4 Å². The maximum atomic E-state index is 10.6. The fourth-order valence-corrected chi connectivity index (χ4v) is 1.45. The normalized spacial score (nSPS) is 10.1. The molecule has 0 radical (unpaired) electrons. The summed E-state index contributed by atoms with van der Waals surface area (Å²) in [7, 11) is 0. The summed E-state index contributed by atoms with van der Waals surface area (Å²) >= 11 is 5.76. The first kappa shape index (κ1) is 14.5. The predicted octanol–water partition coefficient (Wildman–Crippen LogP) is 2.66. The highest BCUT2D eigenvalue weighted by molar-refractivity contribution is 6.29. The molecule has 1 rings (SSSR count). The van der Waals surface area contributed by atoms with Gasteiger partial charge in [0.1, 0.15) is 5.15 Å². The fourth-order valence-electron chi connectivity index (χ4n) is 1.30. The quantitative estimate of drug-likeness (QED) is 0.525. The number of hydrogen-bond donors (Lipinski definition) is 3. The molecule has 0 bridgehead atoms. The van der Waals surface area contributed by atoms with Crippen molar-refractivity contribution in [1.29, 1.82) is 0 Å². The summed E-state index contributed by atoms with van der Waals surface area (Å²) in [6.45, 7) is 3.85. The first-order chi connectivity index (χ1) is 8.63. The van der Waals surface area contributed by atoms with Crippen LogP contribution in [0.5, 0.6) is 0 Å². The van der Waals surface area contributed by atoms with Crippen molar-refractivity contribution in [1.82, 2.24) is 4.98 Å². The number of ether oxygens (including phenoxy) is 1. The van der Waals surface area contributed by atoms with Crippen molar-refractivity contribution < 1.29 is 14.6 Å². The van der Waals surface area contributed by atoms with Crippen LogP contribution in [0.25, 0.3) is 0 Å². The van der Waals surface area contributed by atoms with Crippen LogP contribution < -0.4 is 10.6 Å². The van der Waals surface area contributed by atoms with E-state index in [-0.39, 0.29) is 0 Å². The van der Waals surface area contributed by atoms with E-state index in [0.717, 1.165) is 6.42 Å². The standard InChI is InChI=1S/C11H16ClN3O3/c1-2-4-18-5-3-13-8-6-10(12)14-7-9(8)15-11(16)17/h6-7,15H,2-5H2,1H3,(H,13,14)(H,16,17). The van der Waals surface area contributed by atoms with Crippen LogP contribution in [-0.2, 0) is 4.74 Å². The van der Waals surface area contributed by atoms with Gasteiger partial charge in [0.25, 0.3) is 0 Å². The third-order valence-electron chi connectivity index (χ3n) is 2.02. The van der Waals surface area contributed by atoms with Gasteiger partial charge in [-0.15, -0.1) is 0 Å². The Morgan fingerprint density at radius 1 is 1.50 bits per heavy atom. The van der Waals surface area contributed by atoms with Gasteiger partial charge in [0.05, 0.1) is 24.2 Å². The van der Waals surface area contributed by atoms with Crippen molar-refractivity contribution in [3.8, 4) is 0 Å². The third kappa shape index (κ3) is 5.20. The van der Waals surface area contributed by atoms with E-state index in [0.29, 0.717) is 36.3 Å². The fraction of sp³-hybridized carbons (Fsp3) is 0.455. The average molecular weight is 274 g/mol. The minimum atomic E-state index is -1.15. The number of nitrogens with zero attached hydrogens (tertiary/aromatic N) is 1. The van der Waals surface area contributed by atoms with E-state index in [9.17, 15) is 4.79 Å². The van der Waals surface area contributed by atoms with Crippen LogP contribution in [-0.4, -0.2) is 35.9 Å². The number of carboxylic acid groups (broad SMARTS) is 1. The van der Waals surface area contributed by atoms with E-state index in [1.807, 2.05) is 6.92 Å². The lowest BCUT2D eigenvalue weighted by molar-refractivity contribution is 0.144. The highest BCUT2D eigenvalue weighted by Gasteiger charge is 2.06. The number of pyridine rings is 1. The van der Waals surface area contributed by atoms with E-state index in [1.165, 1.54) is 6.20 Å². The van der Waals surface area contributed by atoms with Crippen molar-refractivity contribution in [2.24, 2.45) is 0 Å². The topological polar surface area (TPSA) is 83.5 Å². The minimum absolute atomic E-state index is 0.294. The Morgan fingerprint density at radius 3 is 2.94 bits per heavy atom. The van der Waals surface area contributed by atoms with E-state index in [2.05, 4.69) is 15.6 Å². The highest BCUT2D eigenvalue weighted by atomic mass is 35.5. The molecule has 3 N–H and O–H groups in total. The molecule has 0 saturated heterocycles. The molecule has 1 heterocycles. The molecule has 1 aromatic rings. The predicted molar refractivity (Wildman–Crippen MR) is 70.5 cm³/mol. The van der Waals surface area contributed by atoms with Crippen LogP contribution in [0.2, 0.25) is 5.15 Å². The van der Waals surface area contributed by atoms with Gasteiger partial charge >= 0.3 is 6.09 Å². The van der Waals surface area contributed by atoms with Crippen LogP contribution in [0.4, 0.5) is 16.2 Å². The van der Waals surface area contributed by atoms with Crippen LogP contribution >= 0.6 is 11.6 Å². The van der Waals surface area contributed by atoms with E-state index < -0.39 is 6.09 Å². The van der Waals surface area contributed by atoms with Crippen LogP contribution in [0.15, 0.2) is 12.3 Å². The van der Waals surface area contributed by atoms with Gasteiger partial charge in [0.15, 0.2) is 0 Å². The SMILES string of the molecule is CCCOCCNc1cc(Cl)ncc1NC(=O)O. The molecule has 0 aliphatic rings. The Balaban J connectivity index is 2.56. The van der Waals surface area contributed by atoms with Crippen molar-refractivity contribution in [3.63, 3.8) is 0 Å². The van der Waals surface area contributed by atoms with E-state index in [1.54, 1.807) is 6.07 Å². The van der Waals surface area contributed by atoms with Crippen LogP contribution in [0.3, 0.4) is 0 Å². The van der Waals surface area contributed by atoms with Crippen LogP contribution in [0.1, 0.15) is 13.3 Å². The summed E-state index contributed by atoms with van der Waals surface area (Å²) in [6.07, 6.45) is 1.18. The zero-order valence-corrected chi connectivity index (χ0v) is 10.8. The lowest BCUT2D eigenvalue weighted by atomic mass is 10.3. The molecular weight excluding hydrogens is 258 g/mol. The minimum Gasteiger partial charge on any atom is -0.465 e. The molecule has 0 spiro atoms. The number of aromatic nitrogens is 1. The number of hydrogen-bond acceptors (Lipinski definition) is 4. The molecule has 18 heavy (non-hydrogen) atoms. The lowest BCUT2D eigenvalue weighted by Crippen LogP contribution is -2.14. The van der Waals surface area contributed by atoms with Gasteiger partial charge in [0, 0.05) is 19.2 Å². The highest BCUT2D eigenvalue weighted by Crippen LogP contribution is 2.23. The molecule has 0 aliphatic heterocycles. The summed E-state index contributed by atoms with van der Waals surface area (Å²) in [4.78, 5) is 14.4. The Labute approximate surface area is 110 Å². The van der Waals surface area contributed by atoms with Gasteiger partial charge in [-0.05, 0) is 6.42 Å². The Morgan fingerprint density at radius 2 is 2.28 bits per heavy atom. The molecule has 1 amide bonds. The van der Waals surface area contributed by atoms with Gasteiger partial charge in [0.2, 0.25) is 0 Å². The lowest BCUT2D eigenvalue weighted by Gasteiger charge is -2.11. The molecule has 6 nitrogen and oxygen atoms in total. The maximum Gasteiger partial charge on any atom is 0.409 e. The molecule has 1 aromatic heterocycles. The Hall–Kier alpha value is -1.53. The second-order valence-electron chi connectivity index (χ2n) is 3.52. The number of rotatable bonds is 7. The molecular formula is C11H16ClN3O3. The number of carbonyl (C=O) groups is 1. The van der Waals surface area contributed by atoms with Crippen LogP contribution in [0, 0.1) is 0 Å². The average Bonchev–Trinajstić information content (AvgIpc) is 2.31. The molecule has 0 fully saturated rings. The molecule has 0 aromatic carbocycles. The Bertz CT molecular complexity index is 401. The molecule has 0 atom stereocenters. The summed E-state index contributed by atoms with van der Waals surface area (Å²) in [6, 6.07) is 1.56. The first-order valence-corrected chi connectivity index (χ1v) is 5.98. The van der Waals surface area contributed by atoms with Gasteiger partial charge in [-0.2, -0.15) is 0 Å². The van der Waals surface area contributed by atoms with Crippen molar-refractivity contribution in [3.05, 3.63) is 17.4 Å². The number of amides is 1. The molecule has 0 saturated carbocycles. The van der Waals surface area contributed by atoms with E-state index >= 15 is 0 Å². The number of halogens is 1. The third-order valence-corrected chi connectivity index (χ3v) is 2.23. The first-order valence-electron chi connectivity index (χ1n) is 5.60. The maximum absolute atomic E-state index is 10.6. The summed E-state index contributed by atoms with van der Waals surface area (Å²) < 4.78 is 5.31. The largest absolute Gasteiger partial charge is 0.465 e. The Kier molecular flexibility index (Phi) is 6.24. The number of nitrogens with one attached hydrogen (secondary N) is 2. The van der Waals surface area contributed by atoms with Gasteiger partial charge in [-0.1, -0.05) is 18.5 Å². The second kappa shape index (κ2) is 7.73. The molecule has 0 aliphatic carbocycles. The van der Waals surface area contributed by atoms with Crippen molar-refractivity contribution in [2.45, 2.75) is 13.3 Å². The zero-order chi connectivity index (χ0) is 13.4. The number of anilines is 2. The van der Waals surface area contributed by atoms with Gasteiger partial charge < -0.3 is 15.2 Å². The summed E-state index contributed by atoms with van der Waals surface area (Å²) in [5.41, 5.74) is 0.944. The monoisotopic (exact) mass is 273 g/mol. The zero-order valence-electron chi connectivity index (χ0n) is 10.1. The van der Waals surface area contributed by atoms with Gasteiger partial charge in [-0.25, -0.2) is 9.78 Å². The van der Waals surface area contributed by atoms with Gasteiger partial charge in [-0.3, -0.25) is 5.32 Å². The molecule has 100 valence electrons. The van der Waals surface area contributed by atoms with Crippen molar-refractivity contribution >= 4 is 29.1 Å². The molecule has 0 unspecified atom stereocenters.